The van der Waals surface area contributed by atoms with Crippen LogP contribution in [-0.2, 0) is 0 Å². The molecule has 1 heterocycles. The largest absolute Gasteiger partial charge is 0.329 e. The van der Waals surface area contributed by atoms with Crippen molar-refractivity contribution < 1.29 is 0 Å². The van der Waals surface area contributed by atoms with Gasteiger partial charge in [-0.05, 0) is 39.8 Å². The number of rotatable bonds is 3. The van der Waals surface area contributed by atoms with Gasteiger partial charge >= 0.3 is 0 Å². The van der Waals surface area contributed by atoms with Gasteiger partial charge < -0.3 is 10.6 Å². The van der Waals surface area contributed by atoms with Crippen molar-refractivity contribution in [3.05, 3.63) is 0 Å². The second kappa shape index (κ2) is 5.68. The second-order valence-corrected chi connectivity index (χ2v) is 6.17. The molecule has 0 aromatic carbocycles. The smallest absolute Gasteiger partial charge is 0.0331 e. The van der Waals surface area contributed by atoms with E-state index in [4.69, 9.17) is 5.73 Å². The van der Waals surface area contributed by atoms with Gasteiger partial charge in [0.25, 0.3) is 0 Å². The zero-order valence-corrected chi connectivity index (χ0v) is 11.6. The van der Waals surface area contributed by atoms with E-state index in [1.54, 1.807) is 0 Å². The van der Waals surface area contributed by atoms with E-state index in [0.29, 0.717) is 5.54 Å². The van der Waals surface area contributed by atoms with Crippen LogP contribution in [0, 0.1) is 0 Å². The molecule has 0 radical (unpaired) electrons. The van der Waals surface area contributed by atoms with Gasteiger partial charge in [0.15, 0.2) is 0 Å². The highest BCUT2D eigenvalue weighted by molar-refractivity contribution is 4.96. The van der Waals surface area contributed by atoms with Gasteiger partial charge in [-0.15, -0.1) is 0 Å². The van der Waals surface area contributed by atoms with Crippen LogP contribution in [0.2, 0.25) is 0 Å². The van der Waals surface area contributed by atoms with E-state index >= 15 is 0 Å². The standard InChI is InChI=1S/C14H29N3/c1-16(2)13-6-10-17(11-7-13)14(12-15)8-4-3-5-9-14/h13H,3-12,15H2,1-2H3. The summed E-state index contributed by atoms with van der Waals surface area (Å²) in [4.78, 5) is 5.10. The predicted molar refractivity (Wildman–Crippen MR) is 73.2 cm³/mol. The first-order valence-corrected chi connectivity index (χ1v) is 7.29. The molecular formula is C14H29N3. The van der Waals surface area contributed by atoms with Crippen LogP contribution in [0.15, 0.2) is 0 Å². The topological polar surface area (TPSA) is 32.5 Å². The van der Waals surface area contributed by atoms with E-state index in [1.807, 2.05) is 0 Å². The minimum absolute atomic E-state index is 0.357. The first-order valence-electron chi connectivity index (χ1n) is 7.29. The summed E-state index contributed by atoms with van der Waals surface area (Å²) in [6, 6.07) is 0.782. The Morgan fingerprint density at radius 2 is 1.71 bits per heavy atom. The van der Waals surface area contributed by atoms with Gasteiger partial charge in [-0.25, -0.2) is 0 Å². The number of piperidine rings is 1. The molecule has 0 spiro atoms. The summed E-state index contributed by atoms with van der Waals surface area (Å²) in [5.74, 6) is 0. The van der Waals surface area contributed by atoms with Gasteiger partial charge in [0.2, 0.25) is 0 Å². The highest BCUT2D eigenvalue weighted by Crippen LogP contribution is 2.35. The molecular weight excluding hydrogens is 210 g/mol. The molecule has 17 heavy (non-hydrogen) atoms. The molecule has 0 unspecified atom stereocenters. The fourth-order valence-corrected chi connectivity index (χ4v) is 3.72. The lowest BCUT2D eigenvalue weighted by molar-refractivity contribution is 0.0202. The molecule has 3 heteroatoms. The lowest BCUT2D eigenvalue weighted by Gasteiger charge is -2.49. The molecule has 1 aliphatic heterocycles. The summed E-state index contributed by atoms with van der Waals surface area (Å²) in [6.45, 7) is 3.36. The van der Waals surface area contributed by atoms with E-state index in [1.165, 1.54) is 58.0 Å². The first kappa shape index (κ1) is 13.3. The third kappa shape index (κ3) is 2.83. The zero-order valence-electron chi connectivity index (χ0n) is 11.6. The van der Waals surface area contributed by atoms with Crippen LogP contribution >= 0.6 is 0 Å². The Bertz CT molecular complexity index is 226. The monoisotopic (exact) mass is 239 g/mol. The van der Waals surface area contributed by atoms with Crippen molar-refractivity contribution in [2.45, 2.75) is 56.5 Å². The van der Waals surface area contributed by atoms with Crippen molar-refractivity contribution in [3.8, 4) is 0 Å². The summed E-state index contributed by atoms with van der Waals surface area (Å²) < 4.78 is 0. The minimum atomic E-state index is 0.357. The van der Waals surface area contributed by atoms with Gasteiger partial charge in [0, 0.05) is 31.2 Å². The van der Waals surface area contributed by atoms with Gasteiger partial charge in [-0.2, -0.15) is 0 Å². The molecule has 2 fully saturated rings. The molecule has 3 nitrogen and oxygen atoms in total. The average molecular weight is 239 g/mol. The van der Waals surface area contributed by atoms with Gasteiger partial charge in [-0.3, -0.25) is 4.90 Å². The van der Waals surface area contributed by atoms with Gasteiger partial charge in [0.1, 0.15) is 0 Å². The molecule has 2 rings (SSSR count). The van der Waals surface area contributed by atoms with E-state index in [0.717, 1.165) is 12.6 Å². The van der Waals surface area contributed by atoms with E-state index in [2.05, 4.69) is 23.9 Å². The zero-order chi connectivity index (χ0) is 12.3. The van der Waals surface area contributed by atoms with Crippen molar-refractivity contribution in [3.63, 3.8) is 0 Å². The highest BCUT2D eigenvalue weighted by Gasteiger charge is 2.38. The lowest BCUT2D eigenvalue weighted by Crippen LogP contribution is -2.58. The normalized spacial score (nSPS) is 27.5. The van der Waals surface area contributed by atoms with E-state index in [-0.39, 0.29) is 0 Å². The second-order valence-electron chi connectivity index (χ2n) is 6.17. The van der Waals surface area contributed by atoms with Crippen LogP contribution in [0.3, 0.4) is 0 Å². The molecule has 2 N–H and O–H groups in total. The number of hydrogen-bond donors (Lipinski definition) is 1. The maximum atomic E-state index is 6.11. The highest BCUT2D eigenvalue weighted by atomic mass is 15.2. The molecule has 0 aromatic rings. The van der Waals surface area contributed by atoms with E-state index in [9.17, 15) is 0 Å². The Morgan fingerprint density at radius 1 is 1.12 bits per heavy atom. The van der Waals surface area contributed by atoms with E-state index < -0.39 is 0 Å². The van der Waals surface area contributed by atoms with Crippen LogP contribution in [0.25, 0.3) is 0 Å². The fraction of sp³-hybridized carbons (Fsp3) is 1.00. The number of likely N-dealkylation sites (tertiary alicyclic amines) is 1. The molecule has 0 aromatic heterocycles. The Balaban J connectivity index is 1.93. The van der Waals surface area contributed by atoms with Crippen molar-refractivity contribution in [1.82, 2.24) is 9.80 Å². The summed E-state index contributed by atoms with van der Waals surface area (Å²) in [7, 11) is 4.42. The van der Waals surface area contributed by atoms with Crippen molar-refractivity contribution in [2.75, 3.05) is 33.7 Å². The molecule has 0 atom stereocenters. The predicted octanol–water partition coefficient (Wildman–Crippen LogP) is 1.67. The maximum absolute atomic E-state index is 6.11. The third-order valence-electron chi connectivity index (χ3n) is 5.03. The minimum Gasteiger partial charge on any atom is -0.329 e. The van der Waals surface area contributed by atoms with Crippen molar-refractivity contribution >= 4 is 0 Å². The number of hydrogen-bond acceptors (Lipinski definition) is 3. The maximum Gasteiger partial charge on any atom is 0.0331 e. The summed E-state index contributed by atoms with van der Waals surface area (Å²) in [5, 5.41) is 0. The number of nitrogens with two attached hydrogens (primary N) is 1. The summed E-state index contributed by atoms with van der Waals surface area (Å²) >= 11 is 0. The molecule has 0 bridgehead atoms. The number of nitrogens with zero attached hydrogens (tertiary/aromatic N) is 2. The third-order valence-corrected chi connectivity index (χ3v) is 5.03. The van der Waals surface area contributed by atoms with Crippen LogP contribution in [0.4, 0.5) is 0 Å². The molecule has 1 aliphatic carbocycles. The summed E-state index contributed by atoms with van der Waals surface area (Å²) in [6.07, 6.45) is 9.46. The molecule has 0 amide bonds. The van der Waals surface area contributed by atoms with Crippen molar-refractivity contribution in [2.24, 2.45) is 5.73 Å². The lowest BCUT2D eigenvalue weighted by atomic mass is 9.79. The summed E-state index contributed by atoms with van der Waals surface area (Å²) in [5.41, 5.74) is 6.47. The van der Waals surface area contributed by atoms with Gasteiger partial charge in [0.05, 0.1) is 0 Å². The Labute approximate surface area is 106 Å². The molecule has 1 saturated heterocycles. The Morgan fingerprint density at radius 3 is 2.18 bits per heavy atom. The Kier molecular flexibility index (Phi) is 4.45. The van der Waals surface area contributed by atoms with Crippen LogP contribution in [-0.4, -0.2) is 55.1 Å². The molecule has 100 valence electrons. The fourth-order valence-electron chi connectivity index (χ4n) is 3.72. The average Bonchev–Trinajstić information content (AvgIpc) is 2.39. The Hall–Kier alpha value is -0.120. The SMILES string of the molecule is CN(C)C1CCN(C2(CN)CCCCC2)CC1. The molecule has 2 aliphatic rings. The molecule has 1 saturated carbocycles. The van der Waals surface area contributed by atoms with Crippen LogP contribution in [0.5, 0.6) is 0 Å². The van der Waals surface area contributed by atoms with Crippen LogP contribution in [0.1, 0.15) is 44.9 Å². The van der Waals surface area contributed by atoms with Gasteiger partial charge in [-0.1, -0.05) is 19.3 Å². The van der Waals surface area contributed by atoms with Crippen molar-refractivity contribution in [1.29, 1.82) is 0 Å². The quantitative estimate of drug-likeness (QED) is 0.813. The van der Waals surface area contributed by atoms with Crippen LogP contribution < -0.4 is 5.73 Å². The first-order chi connectivity index (χ1) is 8.18.